The number of fused-ring (bicyclic) bond motifs is 6. The van der Waals surface area contributed by atoms with Gasteiger partial charge in [-0.2, -0.15) is 0 Å². The molecule has 204 valence electrons. The Kier molecular flexibility index (Phi) is 5.87. The summed E-state index contributed by atoms with van der Waals surface area (Å²) in [5.41, 5.74) is 1.39. The van der Waals surface area contributed by atoms with Crippen molar-refractivity contribution < 1.29 is 23.9 Å². The van der Waals surface area contributed by atoms with Gasteiger partial charge < -0.3 is 19.7 Å². The zero-order valence-electron chi connectivity index (χ0n) is 23.2. The molecule has 1 fully saturated rings. The van der Waals surface area contributed by atoms with Crippen molar-refractivity contribution in [2.45, 2.75) is 38.3 Å². The molecule has 4 atom stereocenters. The Morgan fingerprint density at radius 2 is 1.62 bits per heavy atom. The molecule has 0 radical (unpaired) electrons. The van der Waals surface area contributed by atoms with Gasteiger partial charge in [0.2, 0.25) is 5.91 Å². The van der Waals surface area contributed by atoms with Gasteiger partial charge in [0.25, 0.3) is 0 Å². The van der Waals surface area contributed by atoms with E-state index in [-0.39, 0.29) is 17.5 Å². The van der Waals surface area contributed by atoms with Gasteiger partial charge in [-0.1, -0.05) is 69.3 Å². The molecule has 0 saturated carbocycles. The Hall–Kier alpha value is -4.39. The lowest BCUT2D eigenvalue weighted by molar-refractivity contribution is -0.128. The molecule has 3 heterocycles. The third-order valence-corrected chi connectivity index (χ3v) is 8.50. The summed E-state index contributed by atoms with van der Waals surface area (Å²) < 4.78 is 10.9. The number of carbonyl (C=O) groups is 3. The molecule has 0 unspecified atom stereocenters. The van der Waals surface area contributed by atoms with Crippen LogP contribution in [0.5, 0.6) is 11.5 Å². The van der Waals surface area contributed by atoms with E-state index >= 15 is 0 Å². The predicted molar refractivity (Wildman–Crippen MR) is 154 cm³/mol. The quantitative estimate of drug-likeness (QED) is 0.446. The van der Waals surface area contributed by atoms with E-state index in [1.165, 1.54) is 14.2 Å². The van der Waals surface area contributed by atoms with Gasteiger partial charge in [-0.25, -0.2) is 0 Å². The van der Waals surface area contributed by atoms with E-state index in [1.54, 1.807) is 18.2 Å². The number of methoxy groups -OCH3 is 2. The Balaban J connectivity index is 1.66. The first-order valence-electron chi connectivity index (χ1n) is 13.4. The molecular formula is C33H32N2O5. The normalized spacial score (nSPS) is 24.3. The molecule has 3 aliphatic heterocycles. The van der Waals surface area contributed by atoms with Crippen LogP contribution in [0.15, 0.2) is 72.8 Å². The molecule has 0 aromatic heterocycles. The molecule has 0 bridgehead atoms. The highest BCUT2D eigenvalue weighted by Crippen LogP contribution is 2.58. The highest BCUT2D eigenvalue weighted by atomic mass is 16.5. The number of nitrogens with one attached hydrogen (secondary N) is 1. The fourth-order valence-corrected chi connectivity index (χ4v) is 6.73. The van der Waals surface area contributed by atoms with E-state index in [2.05, 4.69) is 5.32 Å². The molecule has 3 aliphatic rings. The second-order valence-electron chi connectivity index (χ2n) is 11.6. The first kappa shape index (κ1) is 25.9. The van der Waals surface area contributed by atoms with E-state index in [1.807, 2.05) is 86.4 Å². The number of Topliss-reactive ketones (excluding diaryl/α,β-unsaturated/α-hetero) is 2. The van der Waals surface area contributed by atoms with Crippen molar-refractivity contribution in [2.75, 3.05) is 24.4 Å². The summed E-state index contributed by atoms with van der Waals surface area (Å²) in [7, 11) is 3.04. The second kappa shape index (κ2) is 9.08. The highest BCUT2D eigenvalue weighted by Gasteiger charge is 2.70. The van der Waals surface area contributed by atoms with Gasteiger partial charge in [-0.15, -0.1) is 0 Å². The maximum atomic E-state index is 14.8. The summed E-state index contributed by atoms with van der Waals surface area (Å²) in [5, 5.41) is 3.05. The average Bonchev–Trinajstić information content (AvgIpc) is 3.43. The van der Waals surface area contributed by atoms with Crippen LogP contribution in [0.3, 0.4) is 0 Å². The molecule has 1 amide bonds. The van der Waals surface area contributed by atoms with Crippen molar-refractivity contribution in [3.63, 3.8) is 0 Å². The Bertz CT molecular complexity index is 1590. The van der Waals surface area contributed by atoms with Gasteiger partial charge in [0.1, 0.15) is 11.5 Å². The number of amides is 1. The zero-order chi connectivity index (χ0) is 28.4. The van der Waals surface area contributed by atoms with Crippen LogP contribution >= 0.6 is 0 Å². The maximum Gasteiger partial charge on any atom is 0.238 e. The molecule has 1 saturated heterocycles. The van der Waals surface area contributed by atoms with Gasteiger partial charge in [0.15, 0.2) is 23.1 Å². The van der Waals surface area contributed by atoms with Crippen LogP contribution in [0.4, 0.5) is 11.4 Å². The largest absolute Gasteiger partial charge is 0.493 e. The van der Waals surface area contributed by atoms with Crippen LogP contribution in [-0.2, 0) is 15.0 Å². The fourth-order valence-electron chi connectivity index (χ4n) is 6.73. The minimum Gasteiger partial charge on any atom is -0.493 e. The maximum absolute atomic E-state index is 14.8. The average molecular weight is 537 g/mol. The van der Waals surface area contributed by atoms with Crippen molar-refractivity contribution in [1.82, 2.24) is 0 Å². The summed E-state index contributed by atoms with van der Waals surface area (Å²) in [6.45, 7) is 5.59. The number of benzene rings is 3. The van der Waals surface area contributed by atoms with Gasteiger partial charge >= 0.3 is 0 Å². The molecule has 3 aromatic carbocycles. The van der Waals surface area contributed by atoms with Crippen molar-refractivity contribution in [3.8, 4) is 11.5 Å². The van der Waals surface area contributed by atoms with Gasteiger partial charge in [0.05, 0.1) is 26.2 Å². The van der Waals surface area contributed by atoms with Crippen LogP contribution in [-0.4, -0.2) is 43.8 Å². The van der Waals surface area contributed by atoms with Gasteiger partial charge in [-0.05, 0) is 41.5 Å². The molecule has 0 aliphatic carbocycles. The number of carbonyl (C=O) groups excluding carboxylic acids is 3. The third kappa shape index (κ3) is 3.46. The lowest BCUT2D eigenvalue weighted by atomic mass is 9.63. The molecule has 40 heavy (non-hydrogen) atoms. The SMILES string of the molecule is COc1ccc(C(=O)[C@@H]2[C@@H](C(=O)C(C)(C)C)N3c4ccccc4C=C[C@@H]3[C@@]23C(=O)Nc2ccccc23)cc1OC. The Morgan fingerprint density at radius 1 is 0.925 bits per heavy atom. The molecule has 3 aromatic rings. The number of anilines is 2. The topological polar surface area (TPSA) is 84.9 Å². The van der Waals surface area contributed by atoms with E-state index in [9.17, 15) is 14.4 Å². The third-order valence-electron chi connectivity index (χ3n) is 8.50. The Morgan fingerprint density at radius 3 is 2.35 bits per heavy atom. The van der Waals surface area contributed by atoms with Crippen molar-refractivity contribution in [3.05, 3.63) is 89.5 Å². The number of ether oxygens (including phenoxy) is 2. The van der Waals surface area contributed by atoms with Crippen LogP contribution in [0, 0.1) is 11.3 Å². The van der Waals surface area contributed by atoms with E-state index in [0.29, 0.717) is 22.7 Å². The number of para-hydroxylation sites is 2. The van der Waals surface area contributed by atoms with Crippen molar-refractivity contribution in [2.24, 2.45) is 11.3 Å². The molecule has 6 rings (SSSR count). The lowest BCUT2D eigenvalue weighted by Crippen LogP contribution is -2.51. The number of nitrogens with zero attached hydrogens (tertiary/aromatic N) is 1. The van der Waals surface area contributed by atoms with Gasteiger partial charge in [0, 0.05) is 22.4 Å². The van der Waals surface area contributed by atoms with Crippen LogP contribution in [0.1, 0.15) is 42.3 Å². The molecular weight excluding hydrogens is 504 g/mol. The van der Waals surface area contributed by atoms with Crippen LogP contribution in [0.25, 0.3) is 6.08 Å². The summed E-state index contributed by atoms with van der Waals surface area (Å²) in [5.74, 6) is -0.803. The molecule has 1 spiro atoms. The minimum atomic E-state index is -1.34. The first-order valence-corrected chi connectivity index (χ1v) is 13.4. The smallest absolute Gasteiger partial charge is 0.238 e. The molecule has 7 nitrogen and oxygen atoms in total. The predicted octanol–water partition coefficient (Wildman–Crippen LogP) is 5.29. The number of hydrogen-bond acceptors (Lipinski definition) is 6. The molecule has 1 N–H and O–H groups in total. The summed E-state index contributed by atoms with van der Waals surface area (Å²) in [4.78, 5) is 45.7. The number of ketones is 2. The van der Waals surface area contributed by atoms with E-state index in [0.717, 1.165) is 16.8 Å². The van der Waals surface area contributed by atoms with Crippen LogP contribution < -0.4 is 19.7 Å². The second-order valence-corrected chi connectivity index (χ2v) is 11.6. The Labute approximate surface area is 233 Å². The fraction of sp³-hybridized carbons (Fsp3) is 0.303. The summed E-state index contributed by atoms with van der Waals surface area (Å²) in [6.07, 6.45) is 3.98. The summed E-state index contributed by atoms with van der Waals surface area (Å²) in [6, 6.07) is 18.8. The highest BCUT2D eigenvalue weighted by molar-refractivity contribution is 6.17. The van der Waals surface area contributed by atoms with Gasteiger partial charge in [-0.3, -0.25) is 14.4 Å². The minimum absolute atomic E-state index is 0.101. The first-order chi connectivity index (χ1) is 19.1. The standard InChI is InChI=1S/C33H32N2O5/c1-32(2,3)30(37)28-27(29(36)20-14-16-24(39-4)25(18-20)40-5)33(21-11-7-8-12-22(21)34-31(33)38)26-17-15-19-10-6-9-13-23(19)35(26)28/h6-18,26-28H,1-5H3,(H,34,38)/t26-,27+,28+,33-/m1/s1. The van der Waals surface area contributed by atoms with Crippen molar-refractivity contribution >= 4 is 34.9 Å². The van der Waals surface area contributed by atoms with Crippen LogP contribution in [0.2, 0.25) is 0 Å². The van der Waals surface area contributed by atoms with Crippen molar-refractivity contribution in [1.29, 1.82) is 0 Å². The molecule has 7 heteroatoms. The summed E-state index contributed by atoms with van der Waals surface area (Å²) >= 11 is 0. The number of rotatable bonds is 5. The van der Waals surface area contributed by atoms with E-state index < -0.39 is 28.8 Å². The monoisotopic (exact) mass is 536 g/mol. The number of hydrogen-bond donors (Lipinski definition) is 1. The van der Waals surface area contributed by atoms with E-state index in [4.69, 9.17) is 9.47 Å². The zero-order valence-corrected chi connectivity index (χ0v) is 23.2. The lowest BCUT2D eigenvalue weighted by Gasteiger charge is -2.38.